The molecule has 184 valence electrons. The highest BCUT2D eigenvalue weighted by molar-refractivity contribution is 5.84. The van der Waals surface area contributed by atoms with E-state index in [1.807, 2.05) is 24.3 Å². The Morgan fingerprint density at radius 1 is 0.541 bits per heavy atom. The SMILES string of the molecule is COc1ccc(-c2cccc3c2C=C(C(C)(C)C2=Cc4c(cccc4-c4ccc(OC)cc4)C2)C3)cc1. The maximum absolute atomic E-state index is 5.37. The largest absolute Gasteiger partial charge is 0.497 e. The zero-order valence-corrected chi connectivity index (χ0v) is 22.0. The molecule has 4 aromatic carbocycles. The second-order valence-corrected chi connectivity index (χ2v) is 10.5. The number of hydrogen-bond donors (Lipinski definition) is 0. The molecule has 4 aromatic rings. The normalized spacial score (nSPS) is 14.1. The molecule has 0 spiro atoms. The van der Waals surface area contributed by atoms with E-state index in [0.29, 0.717) is 0 Å². The van der Waals surface area contributed by atoms with Crippen molar-refractivity contribution in [2.75, 3.05) is 14.2 Å². The Morgan fingerprint density at radius 2 is 0.946 bits per heavy atom. The highest BCUT2D eigenvalue weighted by Crippen LogP contribution is 2.48. The van der Waals surface area contributed by atoms with Crippen LogP contribution in [0.25, 0.3) is 34.4 Å². The van der Waals surface area contributed by atoms with Gasteiger partial charge in [-0.25, -0.2) is 0 Å². The molecule has 6 rings (SSSR count). The van der Waals surface area contributed by atoms with Crippen LogP contribution in [0.1, 0.15) is 36.1 Å². The fourth-order valence-corrected chi connectivity index (χ4v) is 5.79. The summed E-state index contributed by atoms with van der Waals surface area (Å²) in [5.41, 5.74) is 13.5. The molecule has 0 radical (unpaired) electrons. The van der Waals surface area contributed by atoms with E-state index in [-0.39, 0.29) is 5.41 Å². The standard InChI is InChI=1S/C35H32O2/c1-35(2,27-19-25-7-5-9-31(33(25)21-27)23-11-15-29(36-3)16-12-23)28-20-26-8-6-10-32(34(26)22-28)24-13-17-30(37-4)18-14-24/h5-18,21-22H,19-20H2,1-4H3. The van der Waals surface area contributed by atoms with Gasteiger partial charge in [-0.1, -0.05) is 97.8 Å². The summed E-state index contributed by atoms with van der Waals surface area (Å²) in [4.78, 5) is 0. The Bertz CT molecular complexity index is 1420. The van der Waals surface area contributed by atoms with Crippen LogP contribution in [0.2, 0.25) is 0 Å². The minimum Gasteiger partial charge on any atom is -0.497 e. The lowest BCUT2D eigenvalue weighted by atomic mass is 9.75. The van der Waals surface area contributed by atoms with E-state index in [0.717, 1.165) is 24.3 Å². The van der Waals surface area contributed by atoms with Crippen molar-refractivity contribution >= 4 is 12.2 Å². The van der Waals surface area contributed by atoms with Crippen molar-refractivity contribution in [1.82, 2.24) is 0 Å². The molecule has 0 saturated heterocycles. The molecule has 0 atom stereocenters. The fraction of sp³-hybridized carbons (Fsp3) is 0.200. The van der Waals surface area contributed by atoms with E-state index in [1.54, 1.807) is 14.2 Å². The van der Waals surface area contributed by atoms with Crippen LogP contribution in [0.4, 0.5) is 0 Å². The van der Waals surface area contributed by atoms with Crippen LogP contribution in [0.3, 0.4) is 0 Å². The topological polar surface area (TPSA) is 18.5 Å². The smallest absolute Gasteiger partial charge is 0.118 e. The van der Waals surface area contributed by atoms with Gasteiger partial charge in [-0.2, -0.15) is 0 Å². The van der Waals surface area contributed by atoms with Gasteiger partial charge in [0.1, 0.15) is 11.5 Å². The Labute approximate surface area is 219 Å². The molecule has 2 heteroatoms. The van der Waals surface area contributed by atoms with Gasteiger partial charge in [-0.05, 0) is 81.6 Å². The Kier molecular flexibility index (Phi) is 5.76. The first kappa shape index (κ1) is 23.4. The van der Waals surface area contributed by atoms with Gasteiger partial charge < -0.3 is 9.47 Å². The molecule has 0 bridgehead atoms. The maximum atomic E-state index is 5.37. The van der Waals surface area contributed by atoms with Gasteiger partial charge in [0, 0.05) is 5.41 Å². The van der Waals surface area contributed by atoms with E-state index in [1.165, 1.54) is 55.7 Å². The lowest BCUT2D eigenvalue weighted by Crippen LogP contribution is -2.18. The average molecular weight is 485 g/mol. The minimum atomic E-state index is -0.0353. The predicted molar refractivity (Wildman–Crippen MR) is 154 cm³/mol. The number of hydrogen-bond acceptors (Lipinski definition) is 2. The van der Waals surface area contributed by atoms with Gasteiger partial charge in [0.05, 0.1) is 14.2 Å². The summed E-state index contributed by atoms with van der Waals surface area (Å²) >= 11 is 0. The summed E-state index contributed by atoms with van der Waals surface area (Å²) in [7, 11) is 3.42. The second-order valence-electron chi connectivity index (χ2n) is 10.5. The van der Waals surface area contributed by atoms with E-state index in [4.69, 9.17) is 9.47 Å². The zero-order chi connectivity index (χ0) is 25.6. The zero-order valence-electron chi connectivity index (χ0n) is 22.0. The van der Waals surface area contributed by atoms with Gasteiger partial charge in [0.25, 0.3) is 0 Å². The van der Waals surface area contributed by atoms with Crippen molar-refractivity contribution < 1.29 is 9.47 Å². The molecule has 0 amide bonds. The molecule has 0 unspecified atom stereocenters. The van der Waals surface area contributed by atoms with Gasteiger partial charge in [-0.15, -0.1) is 0 Å². The number of rotatable bonds is 6. The number of benzene rings is 4. The molecule has 0 fully saturated rings. The molecule has 0 heterocycles. The third-order valence-electron chi connectivity index (χ3n) is 8.20. The Hall–Kier alpha value is -4.04. The lowest BCUT2D eigenvalue weighted by molar-refractivity contribution is 0.415. The van der Waals surface area contributed by atoms with Crippen LogP contribution >= 0.6 is 0 Å². The van der Waals surface area contributed by atoms with E-state index in [9.17, 15) is 0 Å². The summed E-state index contributed by atoms with van der Waals surface area (Å²) < 4.78 is 10.7. The van der Waals surface area contributed by atoms with Crippen LogP contribution in [0.5, 0.6) is 11.5 Å². The van der Waals surface area contributed by atoms with E-state index >= 15 is 0 Å². The molecule has 0 aliphatic heterocycles. The maximum Gasteiger partial charge on any atom is 0.118 e. The first-order valence-corrected chi connectivity index (χ1v) is 12.9. The van der Waals surface area contributed by atoms with E-state index < -0.39 is 0 Å². The van der Waals surface area contributed by atoms with Gasteiger partial charge >= 0.3 is 0 Å². The first-order chi connectivity index (χ1) is 18.0. The second kappa shape index (κ2) is 9.12. The van der Waals surface area contributed by atoms with Gasteiger partial charge in [-0.3, -0.25) is 0 Å². The van der Waals surface area contributed by atoms with Gasteiger partial charge in [0.15, 0.2) is 0 Å². The number of methoxy groups -OCH3 is 2. The molecule has 37 heavy (non-hydrogen) atoms. The van der Waals surface area contributed by atoms with Crippen molar-refractivity contribution in [3.63, 3.8) is 0 Å². The summed E-state index contributed by atoms with van der Waals surface area (Å²) in [5.74, 6) is 1.77. The number of allylic oxidation sites excluding steroid dienone is 2. The summed E-state index contributed by atoms with van der Waals surface area (Å²) in [5, 5.41) is 0. The highest BCUT2D eigenvalue weighted by Gasteiger charge is 2.34. The van der Waals surface area contributed by atoms with Crippen LogP contribution < -0.4 is 9.47 Å². The predicted octanol–water partition coefficient (Wildman–Crippen LogP) is 8.64. The monoisotopic (exact) mass is 484 g/mol. The Morgan fingerprint density at radius 3 is 1.32 bits per heavy atom. The van der Waals surface area contributed by atoms with Crippen molar-refractivity contribution in [3.8, 4) is 33.8 Å². The van der Waals surface area contributed by atoms with Gasteiger partial charge in [0.2, 0.25) is 0 Å². The van der Waals surface area contributed by atoms with Crippen molar-refractivity contribution in [2.24, 2.45) is 5.41 Å². The number of ether oxygens (including phenoxy) is 2. The molecule has 2 aliphatic carbocycles. The average Bonchev–Trinajstić information content (AvgIpc) is 3.59. The summed E-state index contributed by atoms with van der Waals surface area (Å²) in [6, 6.07) is 30.2. The molecule has 0 saturated carbocycles. The number of fused-ring (bicyclic) bond motifs is 2. The van der Waals surface area contributed by atoms with Crippen LogP contribution in [-0.4, -0.2) is 14.2 Å². The van der Waals surface area contributed by atoms with Crippen LogP contribution in [0, 0.1) is 5.41 Å². The van der Waals surface area contributed by atoms with Crippen molar-refractivity contribution in [1.29, 1.82) is 0 Å². The van der Waals surface area contributed by atoms with Crippen LogP contribution in [0.15, 0.2) is 96.1 Å². The third-order valence-corrected chi connectivity index (χ3v) is 8.20. The third kappa shape index (κ3) is 4.07. The lowest BCUT2D eigenvalue weighted by Gasteiger charge is -2.28. The molecular weight excluding hydrogens is 452 g/mol. The molecule has 2 nitrogen and oxygen atoms in total. The first-order valence-electron chi connectivity index (χ1n) is 12.9. The summed E-state index contributed by atoms with van der Waals surface area (Å²) in [6.45, 7) is 4.78. The summed E-state index contributed by atoms with van der Waals surface area (Å²) in [6.07, 6.45) is 6.88. The molecule has 2 aliphatic rings. The molecule has 0 aromatic heterocycles. The van der Waals surface area contributed by atoms with E-state index in [2.05, 4.69) is 86.7 Å². The van der Waals surface area contributed by atoms with Crippen molar-refractivity contribution in [2.45, 2.75) is 26.7 Å². The fourth-order valence-electron chi connectivity index (χ4n) is 5.79. The van der Waals surface area contributed by atoms with Crippen molar-refractivity contribution in [3.05, 3.63) is 118 Å². The minimum absolute atomic E-state index is 0.0353. The Balaban J connectivity index is 1.34. The quantitative estimate of drug-likeness (QED) is 0.273. The molecular formula is C35H32O2. The highest BCUT2D eigenvalue weighted by atomic mass is 16.5. The van der Waals surface area contributed by atoms with Crippen LogP contribution in [-0.2, 0) is 12.8 Å². The molecule has 0 N–H and O–H groups in total.